The smallest absolute Gasteiger partial charge is 0.00190 e. The van der Waals surface area contributed by atoms with Gasteiger partial charge in [-0.25, -0.2) is 0 Å². The van der Waals surface area contributed by atoms with Crippen LogP contribution in [0.15, 0.2) is 30.3 Å². The van der Waals surface area contributed by atoms with E-state index in [0.717, 1.165) is 5.92 Å². The minimum Gasteiger partial charge on any atom is -0.306 e. The average Bonchev–Trinajstić information content (AvgIpc) is 2.38. The Hall–Kier alpha value is -0.860. The second-order valence-electron chi connectivity index (χ2n) is 5.77. The molecule has 1 atom stereocenters. The van der Waals surface area contributed by atoms with E-state index in [1.165, 1.54) is 51.0 Å². The molecule has 0 N–H and O–H groups in total. The summed E-state index contributed by atoms with van der Waals surface area (Å²) in [5.74, 6) is 0.865. The molecule has 1 heterocycles. The number of hydrogen-bond acceptors (Lipinski definition) is 2. The molecule has 0 saturated carbocycles. The Morgan fingerprint density at radius 1 is 1.28 bits per heavy atom. The van der Waals surface area contributed by atoms with E-state index in [4.69, 9.17) is 0 Å². The first-order valence-corrected chi connectivity index (χ1v) is 7.15. The van der Waals surface area contributed by atoms with Crippen molar-refractivity contribution in [3.05, 3.63) is 35.9 Å². The Kier molecular flexibility index (Phi) is 5.21. The van der Waals surface area contributed by atoms with Gasteiger partial charge in [-0.1, -0.05) is 30.3 Å². The number of piperidine rings is 1. The lowest BCUT2D eigenvalue weighted by molar-refractivity contribution is 0.167. The van der Waals surface area contributed by atoms with Gasteiger partial charge in [0, 0.05) is 19.6 Å². The van der Waals surface area contributed by atoms with Crippen LogP contribution >= 0.6 is 0 Å². The quantitative estimate of drug-likeness (QED) is 0.787. The maximum absolute atomic E-state index is 2.50. The van der Waals surface area contributed by atoms with Crippen molar-refractivity contribution in [3.8, 4) is 0 Å². The summed E-state index contributed by atoms with van der Waals surface area (Å²) in [6.07, 6.45) is 3.94. The predicted molar refractivity (Wildman–Crippen MR) is 77.9 cm³/mol. The van der Waals surface area contributed by atoms with E-state index in [1.54, 1.807) is 0 Å². The molecule has 0 bridgehead atoms. The van der Waals surface area contributed by atoms with Gasteiger partial charge < -0.3 is 9.80 Å². The van der Waals surface area contributed by atoms with E-state index in [0.29, 0.717) is 0 Å². The van der Waals surface area contributed by atoms with Crippen LogP contribution in [0.2, 0.25) is 0 Å². The van der Waals surface area contributed by atoms with Gasteiger partial charge in [0.05, 0.1) is 0 Å². The Balaban J connectivity index is 1.70. The van der Waals surface area contributed by atoms with E-state index >= 15 is 0 Å². The molecule has 1 aliphatic rings. The van der Waals surface area contributed by atoms with Crippen molar-refractivity contribution in [2.75, 3.05) is 40.3 Å². The zero-order valence-corrected chi connectivity index (χ0v) is 11.8. The average molecular weight is 246 g/mol. The van der Waals surface area contributed by atoms with Crippen molar-refractivity contribution < 1.29 is 0 Å². The molecule has 0 amide bonds. The number of benzene rings is 1. The molecule has 18 heavy (non-hydrogen) atoms. The summed E-state index contributed by atoms with van der Waals surface area (Å²) in [6, 6.07) is 10.8. The van der Waals surface area contributed by atoms with Crippen LogP contribution in [0.25, 0.3) is 0 Å². The molecule has 1 aromatic carbocycles. The van der Waals surface area contributed by atoms with Crippen molar-refractivity contribution in [2.24, 2.45) is 5.92 Å². The first kappa shape index (κ1) is 13.6. The molecule has 1 fully saturated rings. The van der Waals surface area contributed by atoms with Gasteiger partial charge >= 0.3 is 0 Å². The van der Waals surface area contributed by atoms with Crippen molar-refractivity contribution >= 4 is 0 Å². The predicted octanol–water partition coefficient (Wildman–Crippen LogP) is 2.50. The Labute approximate surface area is 112 Å². The molecule has 2 heteroatoms. The zero-order valence-electron chi connectivity index (χ0n) is 11.8. The van der Waals surface area contributed by atoms with Crippen LogP contribution < -0.4 is 0 Å². The molecule has 0 aromatic heterocycles. The topological polar surface area (TPSA) is 6.48 Å². The molecular weight excluding hydrogens is 220 g/mol. The Morgan fingerprint density at radius 2 is 2.06 bits per heavy atom. The number of rotatable bonds is 5. The van der Waals surface area contributed by atoms with Crippen LogP contribution in [0.3, 0.4) is 0 Å². The van der Waals surface area contributed by atoms with Crippen molar-refractivity contribution in [3.63, 3.8) is 0 Å². The number of nitrogens with zero attached hydrogens (tertiary/aromatic N) is 2. The van der Waals surface area contributed by atoms with Gasteiger partial charge in [0.1, 0.15) is 0 Å². The third kappa shape index (κ3) is 4.43. The Morgan fingerprint density at radius 3 is 2.78 bits per heavy atom. The molecule has 2 rings (SSSR count). The molecule has 0 spiro atoms. The van der Waals surface area contributed by atoms with Crippen LogP contribution in [0.4, 0.5) is 0 Å². The fraction of sp³-hybridized carbons (Fsp3) is 0.625. The van der Waals surface area contributed by atoms with Crippen LogP contribution in [0.5, 0.6) is 0 Å². The van der Waals surface area contributed by atoms with Crippen molar-refractivity contribution in [1.82, 2.24) is 9.80 Å². The lowest BCUT2D eigenvalue weighted by Gasteiger charge is -2.32. The minimum absolute atomic E-state index is 0.865. The number of likely N-dealkylation sites (tertiary alicyclic amines) is 1. The molecule has 1 aliphatic heterocycles. The summed E-state index contributed by atoms with van der Waals surface area (Å²) in [4.78, 5) is 4.97. The van der Waals surface area contributed by atoms with Gasteiger partial charge in [-0.05, 0) is 51.4 Å². The molecule has 1 saturated heterocycles. The molecule has 100 valence electrons. The van der Waals surface area contributed by atoms with Gasteiger partial charge in [-0.15, -0.1) is 0 Å². The molecule has 0 radical (unpaired) electrons. The lowest BCUT2D eigenvalue weighted by Crippen LogP contribution is -2.38. The largest absolute Gasteiger partial charge is 0.306 e. The summed E-state index contributed by atoms with van der Waals surface area (Å²) >= 11 is 0. The SMILES string of the molecule is CN1CCCC(CN(C)CCc2ccccc2)C1. The fourth-order valence-corrected chi connectivity index (χ4v) is 2.92. The first-order chi connectivity index (χ1) is 8.74. The third-order valence-electron chi connectivity index (χ3n) is 3.92. The van der Waals surface area contributed by atoms with Crippen LogP contribution in [-0.2, 0) is 6.42 Å². The van der Waals surface area contributed by atoms with Crippen LogP contribution in [0, 0.1) is 5.92 Å². The number of hydrogen-bond donors (Lipinski definition) is 0. The summed E-state index contributed by atoms with van der Waals surface area (Å²) in [5, 5.41) is 0. The molecule has 1 unspecified atom stereocenters. The summed E-state index contributed by atoms with van der Waals surface area (Å²) < 4.78 is 0. The lowest BCUT2D eigenvalue weighted by atomic mass is 9.98. The van der Waals surface area contributed by atoms with Crippen LogP contribution in [0.1, 0.15) is 18.4 Å². The molecule has 0 aliphatic carbocycles. The molecule has 2 nitrogen and oxygen atoms in total. The van der Waals surface area contributed by atoms with Gasteiger partial charge in [0.2, 0.25) is 0 Å². The first-order valence-electron chi connectivity index (χ1n) is 7.15. The highest BCUT2D eigenvalue weighted by molar-refractivity contribution is 5.14. The molecular formula is C16H26N2. The van der Waals surface area contributed by atoms with Crippen molar-refractivity contribution in [1.29, 1.82) is 0 Å². The normalized spacial score (nSPS) is 21.4. The second-order valence-corrected chi connectivity index (χ2v) is 5.77. The van der Waals surface area contributed by atoms with Gasteiger partial charge in [-0.3, -0.25) is 0 Å². The zero-order chi connectivity index (χ0) is 12.8. The maximum atomic E-state index is 2.50. The van der Waals surface area contributed by atoms with E-state index in [2.05, 4.69) is 54.2 Å². The number of likely N-dealkylation sites (N-methyl/N-ethyl adjacent to an activating group) is 1. The fourth-order valence-electron chi connectivity index (χ4n) is 2.92. The summed E-state index contributed by atoms with van der Waals surface area (Å²) in [6.45, 7) is 4.97. The molecule has 1 aromatic rings. The summed E-state index contributed by atoms with van der Waals surface area (Å²) in [5.41, 5.74) is 1.45. The van der Waals surface area contributed by atoms with Gasteiger partial charge in [-0.2, -0.15) is 0 Å². The van der Waals surface area contributed by atoms with E-state index in [-0.39, 0.29) is 0 Å². The standard InChI is InChI=1S/C16H26N2/c1-17-11-6-9-16(13-17)14-18(2)12-10-15-7-4-3-5-8-15/h3-5,7-8,16H,6,9-14H2,1-2H3. The van der Waals surface area contributed by atoms with E-state index in [9.17, 15) is 0 Å². The van der Waals surface area contributed by atoms with Gasteiger partial charge in [0.25, 0.3) is 0 Å². The maximum Gasteiger partial charge on any atom is 0.00190 e. The minimum atomic E-state index is 0.865. The second kappa shape index (κ2) is 6.91. The van der Waals surface area contributed by atoms with E-state index < -0.39 is 0 Å². The van der Waals surface area contributed by atoms with E-state index in [1.807, 2.05) is 0 Å². The highest BCUT2D eigenvalue weighted by atomic mass is 15.1. The Bertz CT molecular complexity index is 336. The van der Waals surface area contributed by atoms with Gasteiger partial charge in [0.15, 0.2) is 0 Å². The van der Waals surface area contributed by atoms with Crippen LogP contribution in [-0.4, -0.2) is 50.1 Å². The highest BCUT2D eigenvalue weighted by Crippen LogP contribution is 2.16. The monoisotopic (exact) mass is 246 g/mol. The highest BCUT2D eigenvalue weighted by Gasteiger charge is 2.18. The third-order valence-corrected chi connectivity index (χ3v) is 3.92. The summed E-state index contributed by atoms with van der Waals surface area (Å²) in [7, 11) is 4.51. The van der Waals surface area contributed by atoms with Crippen molar-refractivity contribution in [2.45, 2.75) is 19.3 Å².